The van der Waals surface area contributed by atoms with Crippen LogP contribution in [0.3, 0.4) is 0 Å². The molecule has 8 atom stereocenters. The van der Waals surface area contributed by atoms with Crippen LogP contribution in [0.25, 0.3) is 0 Å². The Balaban J connectivity index is 1.31. The van der Waals surface area contributed by atoms with Gasteiger partial charge < -0.3 is 5.11 Å². The Morgan fingerprint density at radius 2 is 1.90 bits per heavy atom. The molecule has 6 nitrogen and oxygen atoms in total. The molecule has 0 radical (unpaired) electrons. The summed E-state index contributed by atoms with van der Waals surface area (Å²) in [6.45, 7) is 6.74. The van der Waals surface area contributed by atoms with E-state index in [9.17, 15) is 9.90 Å². The van der Waals surface area contributed by atoms with Gasteiger partial charge in [-0.05, 0) is 117 Å². The molecule has 4 aliphatic rings. The van der Waals surface area contributed by atoms with Crippen molar-refractivity contribution in [3.05, 3.63) is 5.82 Å². The summed E-state index contributed by atoms with van der Waals surface area (Å²) in [7, 11) is 0. The molecule has 6 heteroatoms. The van der Waals surface area contributed by atoms with Crippen molar-refractivity contribution in [1.29, 1.82) is 0 Å². The quantitative estimate of drug-likeness (QED) is 0.806. The molecule has 0 saturated heterocycles. The van der Waals surface area contributed by atoms with Gasteiger partial charge in [-0.15, -0.1) is 5.10 Å². The number of aliphatic hydroxyl groups is 1. The fraction of sp³-hybridized carbons (Fsp3) is 0.917. The highest BCUT2D eigenvalue weighted by molar-refractivity contribution is 5.82. The molecule has 30 heavy (non-hydrogen) atoms. The van der Waals surface area contributed by atoms with Crippen LogP contribution >= 0.6 is 0 Å². The third-order valence-corrected chi connectivity index (χ3v) is 10.2. The Morgan fingerprint density at radius 1 is 1.10 bits per heavy atom. The van der Waals surface area contributed by atoms with Gasteiger partial charge in [0.1, 0.15) is 12.4 Å². The van der Waals surface area contributed by atoms with E-state index in [1.165, 1.54) is 38.5 Å². The first-order valence-corrected chi connectivity index (χ1v) is 12.3. The van der Waals surface area contributed by atoms with Crippen molar-refractivity contribution >= 4 is 5.78 Å². The molecule has 0 aliphatic heterocycles. The van der Waals surface area contributed by atoms with Crippen LogP contribution in [-0.2, 0) is 11.3 Å². The van der Waals surface area contributed by atoms with E-state index in [0.29, 0.717) is 18.2 Å². The summed E-state index contributed by atoms with van der Waals surface area (Å²) in [5, 5.41) is 22.5. The van der Waals surface area contributed by atoms with Crippen LogP contribution in [0.15, 0.2) is 0 Å². The molecule has 4 fully saturated rings. The first-order chi connectivity index (χ1) is 14.3. The highest BCUT2D eigenvalue weighted by Crippen LogP contribution is 2.64. The van der Waals surface area contributed by atoms with Crippen LogP contribution < -0.4 is 0 Å². The smallest absolute Gasteiger partial charge is 0.158 e. The van der Waals surface area contributed by atoms with Gasteiger partial charge in [0.05, 0.1) is 5.60 Å². The third-order valence-electron chi connectivity index (χ3n) is 10.2. The van der Waals surface area contributed by atoms with Crippen LogP contribution in [0.1, 0.15) is 83.9 Å². The summed E-state index contributed by atoms with van der Waals surface area (Å²) >= 11 is 0. The SMILES string of the molecule is CC[C@@]1(O)CC[C@H]2[C@H](CC[C@@H]3[C@@H]2CC[C@]2(C)[C@@H](C(=O)Cn4nnnc4C)CC[C@@H]32)C1. The average molecular weight is 415 g/mol. The lowest BCUT2D eigenvalue weighted by molar-refractivity contribution is -0.133. The molecular formula is C24H38N4O2. The van der Waals surface area contributed by atoms with E-state index >= 15 is 0 Å². The molecule has 166 valence electrons. The van der Waals surface area contributed by atoms with Crippen LogP contribution in [0.2, 0.25) is 0 Å². The molecular weight excluding hydrogens is 376 g/mol. The average Bonchev–Trinajstić information content (AvgIpc) is 3.30. The second kappa shape index (κ2) is 7.39. The number of aryl methyl sites for hydroxylation is 1. The van der Waals surface area contributed by atoms with Crippen molar-refractivity contribution in [3.63, 3.8) is 0 Å². The summed E-state index contributed by atoms with van der Waals surface area (Å²) in [6, 6.07) is 0. The number of nitrogens with zero attached hydrogens (tertiary/aromatic N) is 4. The van der Waals surface area contributed by atoms with Crippen LogP contribution in [0.5, 0.6) is 0 Å². The van der Waals surface area contributed by atoms with Crippen molar-refractivity contribution < 1.29 is 9.90 Å². The number of carbonyl (C=O) groups excluding carboxylic acids is 1. The van der Waals surface area contributed by atoms with Gasteiger partial charge in [-0.3, -0.25) is 4.79 Å². The van der Waals surface area contributed by atoms with Crippen LogP contribution in [0.4, 0.5) is 0 Å². The maximum absolute atomic E-state index is 13.3. The molecule has 0 bridgehead atoms. The molecule has 0 spiro atoms. The largest absolute Gasteiger partial charge is 0.390 e. The maximum atomic E-state index is 13.3. The predicted molar refractivity (Wildman–Crippen MR) is 113 cm³/mol. The fourth-order valence-electron chi connectivity index (χ4n) is 8.47. The maximum Gasteiger partial charge on any atom is 0.158 e. The van der Waals surface area contributed by atoms with Crippen molar-refractivity contribution in [3.8, 4) is 0 Å². The lowest BCUT2D eigenvalue weighted by atomic mass is 9.48. The van der Waals surface area contributed by atoms with Crippen molar-refractivity contribution in [2.24, 2.45) is 40.9 Å². The summed E-state index contributed by atoms with van der Waals surface area (Å²) < 4.78 is 1.66. The molecule has 0 amide bonds. The highest BCUT2D eigenvalue weighted by Gasteiger charge is 2.58. The first-order valence-electron chi connectivity index (χ1n) is 12.3. The third kappa shape index (κ3) is 3.16. The van der Waals surface area contributed by atoms with Gasteiger partial charge in [-0.2, -0.15) is 0 Å². The van der Waals surface area contributed by atoms with E-state index in [1.807, 2.05) is 6.92 Å². The lowest BCUT2D eigenvalue weighted by Gasteiger charge is -2.57. The monoisotopic (exact) mass is 414 g/mol. The minimum Gasteiger partial charge on any atom is -0.390 e. The van der Waals surface area contributed by atoms with Gasteiger partial charge in [0.15, 0.2) is 5.78 Å². The summed E-state index contributed by atoms with van der Waals surface area (Å²) in [5.41, 5.74) is -0.262. The van der Waals surface area contributed by atoms with Crippen molar-refractivity contribution in [2.45, 2.75) is 97.1 Å². The molecule has 1 N–H and O–H groups in total. The van der Waals surface area contributed by atoms with E-state index in [2.05, 4.69) is 29.4 Å². The Hall–Kier alpha value is -1.30. The molecule has 0 unspecified atom stereocenters. The Kier molecular flexibility index (Phi) is 5.07. The highest BCUT2D eigenvalue weighted by atomic mass is 16.3. The number of aromatic nitrogens is 4. The van der Waals surface area contributed by atoms with E-state index in [-0.39, 0.29) is 11.3 Å². The Labute approximate surface area is 180 Å². The van der Waals surface area contributed by atoms with Gasteiger partial charge in [0.2, 0.25) is 0 Å². The van der Waals surface area contributed by atoms with Crippen LogP contribution in [-0.4, -0.2) is 36.7 Å². The normalized spacial score (nSPS) is 45.5. The molecule has 1 heterocycles. The molecule has 1 aromatic heterocycles. The number of rotatable bonds is 4. The number of Topliss-reactive ketones (excluding diaryl/α,β-unsaturated/α-hetero) is 1. The zero-order valence-electron chi connectivity index (χ0n) is 18.9. The number of ketones is 1. The van der Waals surface area contributed by atoms with Gasteiger partial charge in [0.25, 0.3) is 0 Å². The summed E-state index contributed by atoms with van der Waals surface area (Å²) in [6.07, 6.45) is 11.4. The number of carbonyl (C=O) groups is 1. The second-order valence-electron chi connectivity index (χ2n) is 11.3. The molecule has 1 aromatic rings. The van der Waals surface area contributed by atoms with Gasteiger partial charge >= 0.3 is 0 Å². The van der Waals surface area contributed by atoms with Gasteiger partial charge in [-0.1, -0.05) is 13.8 Å². The zero-order chi connectivity index (χ0) is 21.1. The number of hydrogen-bond acceptors (Lipinski definition) is 5. The minimum absolute atomic E-state index is 0.145. The predicted octanol–water partition coefficient (Wildman–Crippen LogP) is 3.96. The molecule has 4 saturated carbocycles. The standard InChI is InChI=1S/C24H38N4O2/c1-4-24(30)12-10-17-16(13-24)5-6-19-18(17)9-11-23(3)20(19)7-8-21(23)22(29)14-28-15(2)25-26-27-28/h16-21,30H,4-14H2,1-3H3/t16-,17+,18-,19-,20+,21-,23+,24-/m1/s1. The Morgan fingerprint density at radius 3 is 2.63 bits per heavy atom. The van der Waals surface area contributed by atoms with Crippen LogP contribution in [0, 0.1) is 47.8 Å². The van der Waals surface area contributed by atoms with Gasteiger partial charge in [0, 0.05) is 5.92 Å². The summed E-state index contributed by atoms with van der Waals surface area (Å²) in [4.78, 5) is 13.3. The number of tetrazole rings is 1. The Bertz CT molecular complexity index is 809. The second-order valence-corrected chi connectivity index (χ2v) is 11.3. The van der Waals surface area contributed by atoms with E-state index < -0.39 is 5.60 Å². The fourth-order valence-corrected chi connectivity index (χ4v) is 8.47. The first kappa shape index (κ1) is 20.6. The summed E-state index contributed by atoms with van der Waals surface area (Å²) in [5.74, 6) is 5.01. The van der Waals surface area contributed by atoms with Crippen molar-refractivity contribution in [2.75, 3.05) is 0 Å². The van der Waals surface area contributed by atoms with E-state index in [0.717, 1.165) is 55.2 Å². The minimum atomic E-state index is -0.406. The topological polar surface area (TPSA) is 80.9 Å². The molecule has 5 rings (SSSR count). The molecule has 0 aromatic carbocycles. The van der Waals surface area contributed by atoms with E-state index in [1.54, 1.807) is 4.68 Å². The van der Waals surface area contributed by atoms with Crippen molar-refractivity contribution in [1.82, 2.24) is 20.2 Å². The number of fused-ring (bicyclic) bond motifs is 5. The zero-order valence-corrected chi connectivity index (χ0v) is 18.9. The van der Waals surface area contributed by atoms with Gasteiger partial charge in [-0.25, -0.2) is 4.68 Å². The number of hydrogen-bond donors (Lipinski definition) is 1. The molecule has 4 aliphatic carbocycles. The lowest BCUT2D eigenvalue weighted by Crippen LogP contribution is -2.51. The van der Waals surface area contributed by atoms with E-state index in [4.69, 9.17) is 0 Å².